The van der Waals surface area contributed by atoms with Crippen molar-refractivity contribution < 1.29 is 14.3 Å². The molecule has 0 N–H and O–H groups in total. The number of fused-ring (bicyclic) bond motifs is 3. The largest absolute Gasteiger partial charge is 0.373 e. The Kier molecular flexibility index (Phi) is 5.72. The Balaban J connectivity index is 1.66. The van der Waals surface area contributed by atoms with Crippen LogP contribution in [0.15, 0.2) is 0 Å². The number of carbonyl (C=O) groups is 1. The maximum absolute atomic E-state index is 12.0. The zero-order valence-corrected chi connectivity index (χ0v) is 18.0. The smallest absolute Gasteiger partial charge is 0.323 e. The van der Waals surface area contributed by atoms with Crippen LogP contribution in [0.2, 0.25) is 0 Å². The molecule has 4 heteroatoms. The molecule has 0 amide bonds. The van der Waals surface area contributed by atoms with Gasteiger partial charge in [-0.1, -0.05) is 13.8 Å². The van der Waals surface area contributed by atoms with Gasteiger partial charge in [0, 0.05) is 6.42 Å². The van der Waals surface area contributed by atoms with Gasteiger partial charge in [-0.2, -0.15) is 4.79 Å². The standard InChI is InChI=1S/C23H38N2O2/c1-21(2,3)27-19-8-11-23(5)17(12-19)7-6-16-13-22(4,10-9-20(16)23)14-18(26)15-25-24/h15-17,19-20H,6-14H2,1-5H3/t16?,17-,19+,20?,22-,23-/m0/s1. The monoisotopic (exact) mass is 374 g/mol. The van der Waals surface area contributed by atoms with Crippen molar-refractivity contribution >= 4 is 12.0 Å². The van der Waals surface area contributed by atoms with Crippen LogP contribution in [-0.4, -0.2) is 28.5 Å². The van der Waals surface area contributed by atoms with Gasteiger partial charge in [0.05, 0.1) is 11.7 Å². The zero-order chi connectivity index (χ0) is 19.9. The van der Waals surface area contributed by atoms with Crippen molar-refractivity contribution in [3.05, 3.63) is 5.53 Å². The lowest BCUT2D eigenvalue weighted by Gasteiger charge is -2.59. The molecule has 0 aromatic rings. The number of ether oxygens (including phenoxy) is 1. The van der Waals surface area contributed by atoms with Gasteiger partial charge in [0.25, 0.3) is 0 Å². The second-order valence-electron chi connectivity index (χ2n) is 11.2. The van der Waals surface area contributed by atoms with Crippen molar-refractivity contribution in [3.8, 4) is 0 Å². The fraction of sp³-hybridized carbons (Fsp3) is 0.913. The minimum absolute atomic E-state index is 0.0433. The average molecular weight is 375 g/mol. The van der Waals surface area contributed by atoms with Gasteiger partial charge in [0.2, 0.25) is 5.78 Å². The number of Topliss-reactive ketones (excluding diaryl/α,β-unsaturated/α-hetero) is 1. The van der Waals surface area contributed by atoms with Gasteiger partial charge >= 0.3 is 6.21 Å². The van der Waals surface area contributed by atoms with E-state index in [9.17, 15) is 4.79 Å². The molecule has 3 rings (SSSR count). The van der Waals surface area contributed by atoms with E-state index >= 15 is 0 Å². The van der Waals surface area contributed by atoms with Gasteiger partial charge in [0.1, 0.15) is 0 Å². The van der Waals surface area contributed by atoms with Crippen LogP contribution in [0.5, 0.6) is 0 Å². The Morgan fingerprint density at radius 3 is 2.59 bits per heavy atom. The lowest BCUT2D eigenvalue weighted by molar-refractivity contribution is -0.143. The van der Waals surface area contributed by atoms with Crippen LogP contribution in [0.4, 0.5) is 0 Å². The number of nitrogens with zero attached hydrogens (tertiary/aromatic N) is 2. The minimum atomic E-state index is -0.0489. The molecule has 152 valence electrons. The predicted molar refractivity (Wildman–Crippen MR) is 108 cm³/mol. The van der Waals surface area contributed by atoms with E-state index in [2.05, 4.69) is 39.4 Å². The van der Waals surface area contributed by atoms with Crippen LogP contribution >= 0.6 is 0 Å². The first-order valence-corrected chi connectivity index (χ1v) is 10.9. The second-order valence-corrected chi connectivity index (χ2v) is 11.2. The minimum Gasteiger partial charge on any atom is -0.373 e. The molecule has 0 heterocycles. The Morgan fingerprint density at radius 2 is 1.93 bits per heavy atom. The fourth-order valence-corrected chi connectivity index (χ4v) is 6.82. The second kappa shape index (κ2) is 7.44. The van der Waals surface area contributed by atoms with Gasteiger partial charge in [0.15, 0.2) is 0 Å². The van der Waals surface area contributed by atoms with E-state index in [0.29, 0.717) is 17.9 Å². The molecular formula is C23H38N2O2. The van der Waals surface area contributed by atoms with Crippen LogP contribution in [0.3, 0.4) is 0 Å². The molecule has 0 radical (unpaired) electrons. The molecule has 27 heavy (non-hydrogen) atoms. The van der Waals surface area contributed by atoms with Crippen LogP contribution in [0.25, 0.3) is 5.53 Å². The molecule has 0 aromatic heterocycles. The molecule has 2 unspecified atom stereocenters. The Labute approximate surface area is 165 Å². The molecule has 3 saturated carbocycles. The fourth-order valence-electron chi connectivity index (χ4n) is 6.82. The van der Waals surface area contributed by atoms with E-state index < -0.39 is 0 Å². The van der Waals surface area contributed by atoms with Crippen molar-refractivity contribution in [1.82, 2.24) is 0 Å². The molecular weight excluding hydrogens is 336 g/mol. The molecule has 0 spiro atoms. The third kappa shape index (κ3) is 4.54. The number of ketones is 1. The highest BCUT2D eigenvalue weighted by Gasteiger charge is 2.54. The predicted octanol–water partition coefficient (Wildman–Crippen LogP) is 5.45. The van der Waals surface area contributed by atoms with Crippen molar-refractivity contribution in [2.75, 3.05) is 0 Å². The van der Waals surface area contributed by atoms with Gasteiger partial charge < -0.3 is 10.3 Å². The lowest BCUT2D eigenvalue weighted by Crippen LogP contribution is -2.51. The molecule has 3 aliphatic rings. The van der Waals surface area contributed by atoms with Crippen molar-refractivity contribution in [2.45, 2.75) is 104 Å². The lowest BCUT2D eigenvalue weighted by atomic mass is 9.47. The highest BCUT2D eigenvalue weighted by atomic mass is 16.5. The van der Waals surface area contributed by atoms with E-state index in [1.54, 1.807) is 0 Å². The van der Waals surface area contributed by atoms with E-state index in [1.807, 2.05) is 0 Å². The van der Waals surface area contributed by atoms with E-state index in [1.165, 1.54) is 38.5 Å². The van der Waals surface area contributed by atoms with Crippen molar-refractivity contribution in [3.63, 3.8) is 0 Å². The summed E-state index contributed by atoms with van der Waals surface area (Å²) in [5.41, 5.74) is 9.09. The highest BCUT2D eigenvalue weighted by Crippen LogP contribution is 2.62. The summed E-state index contributed by atoms with van der Waals surface area (Å²) >= 11 is 0. The molecule has 6 atom stereocenters. The van der Waals surface area contributed by atoms with E-state index in [4.69, 9.17) is 10.3 Å². The summed E-state index contributed by atoms with van der Waals surface area (Å²) in [5.74, 6) is 2.27. The van der Waals surface area contributed by atoms with Crippen molar-refractivity contribution in [2.24, 2.45) is 28.6 Å². The van der Waals surface area contributed by atoms with Crippen LogP contribution in [-0.2, 0) is 9.53 Å². The number of rotatable bonds is 4. The summed E-state index contributed by atoms with van der Waals surface area (Å²) < 4.78 is 6.34. The Hall–Kier alpha value is -0.990. The summed E-state index contributed by atoms with van der Waals surface area (Å²) in [6.07, 6.45) is 11.8. The molecule has 4 nitrogen and oxygen atoms in total. The molecule has 0 saturated heterocycles. The summed E-state index contributed by atoms with van der Waals surface area (Å²) in [6.45, 7) is 11.3. The summed E-state index contributed by atoms with van der Waals surface area (Å²) in [7, 11) is 0. The quantitative estimate of drug-likeness (QED) is 0.373. The molecule has 3 aliphatic carbocycles. The Bertz CT molecular complexity index is 618. The molecule has 0 aliphatic heterocycles. The Morgan fingerprint density at radius 1 is 1.19 bits per heavy atom. The zero-order valence-electron chi connectivity index (χ0n) is 18.0. The van der Waals surface area contributed by atoms with E-state index in [0.717, 1.165) is 36.8 Å². The van der Waals surface area contributed by atoms with Gasteiger partial charge in [-0.05, 0) is 101 Å². The number of carbonyl (C=O) groups excluding carboxylic acids is 1. The highest BCUT2D eigenvalue weighted by molar-refractivity contribution is 6.25. The maximum Gasteiger partial charge on any atom is 0.323 e. The van der Waals surface area contributed by atoms with Gasteiger partial charge in [-0.15, -0.1) is 0 Å². The third-order valence-electron chi connectivity index (χ3n) is 7.92. The maximum atomic E-state index is 12.0. The van der Waals surface area contributed by atoms with Crippen molar-refractivity contribution in [1.29, 1.82) is 0 Å². The first kappa shape index (κ1) is 20.7. The van der Waals surface area contributed by atoms with Gasteiger partial charge in [-0.3, -0.25) is 4.79 Å². The third-order valence-corrected chi connectivity index (χ3v) is 7.92. The summed E-state index contributed by atoms with van der Waals surface area (Å²) in [4.78, 5) is 14.9. The molecule has 0 bridgehead atoms. The normalized spacial score (nSPS) is 41.8. The van der Waals surface area contributed by atoms with E-state index in [-0.39, 0.29) is 16.8 Å². The van der Waals surface area contributed by atoms with Crippen LogP contribution in [0, 0.1) is 28.6 Å². The summed E-state index contributed by atoms with van der Waals surface area (Å²) in [5, 5.41) is 0. The first-order valence-electron chi connectivity index (χ1n) is 10.9. The summed E-state index contributed by atoms with van der Waals surface area (Å²) in [6, 6.07) is 0. The average Bonchev–Trinajstić information content (AvgIpc) is 2.53. The van der Waals surface area contributed by atoms with Crippen LogP contribution in [0.1, 0.15) is 92.4 Å². The molecule has 0 aromatic carbocycles. The number of hydrogen-bond acceptors (Lipinski definition) is 2. The first-order chi connectivity index (χ1) is 12.5. The topological polar surface area (TPSA) is 62.7 Å². The van der Waals surface area contributed by atoms with Gasteiger partial charge in [-0.25, -0.2) is 0 Å². The van der Waals surface area contributed by atoms with Crippen LogP contribution < -0.4 is 0 Å². The molecule has 3 fully saturated rings. The number of hydrogen-bond donors (Lipinski definition) is 0. The SMILES string of the molecule is CC(C)(C)O[C@@H]1CC[C@]2(C)C3CC[C@](C)(CC(=O)C=[N+]=[N-])CC3CC[C@H]2C1.